The van der Waals surface area contributed by atoms with E-state index in [9.17, 15) is 0 Å². The molecule has 1 aliphatic rings. The van der Waals surface area contributed by atoms with Crippen molar-refractivity contribution < 1.29 is 4.52 Å². The van der Waals surface area contributed by atoms with Gasteiger partial charge in [-0.25, -0.2) is 9.67 Å². The van der Waals surface area contributed by atoms with Gasteiger partial charge >= 0.3 is 0 Å². The highest BCUT2D eigenvalue weighted by Gasteiger charge is 2.45. The van der Waals surface area contributed by atoms with Crippen molar-refractivity contribution in [3.8, 4) is 0 Å². The van der Waals surface area contributed by atoms with E-state index in [0.717, 1.165) is 28.8 Å². The fraction of sp³-hybridized carbons (Fsp3) is 0.300. The molecular formula is C20H19N5O. The quantitative estimate of drug-likeness (QED) is 0.554. The summed E-state index contributed by atoms with van der Waals surface area (Å²) in [6.45, 7) is 2.46. The molecule has 0 spiro atoms. The number of aryl methyl sites for hydroxylation is 1. The Hall–Kier alpha value is -3.02. The molecule has 0 N–H and O–H groups in total. The molecule has 1 fully saturated rings. The third-order valence-corrected chi connectivity index (χ3v) is 5.14. The minimum absolute atomic E-state index is 0.180. The second-order valence-electron chi connectivity index (χ2n) is 7.16. The van der Waals surface area contributed by atoms with E-state index in [0.29, 0.717) is 12.4 Å². The first kappa shape index (κ1) is 15.3. The van der Waals surface area contributed by atoms with Gasteiger partial charge in [0.1, 0.15) is 6.54 Å². The maximum atomic E-state index is 5.47. The topological polar surface area (TPSA) is 69.6 Å². The Balaban J connectivity index is 1.36. The van der Waals surface area contributed by atoms with Crippen molar-refractivity contribution in [2.75, 3.05) is 0 Å². The SMILES string of the molecule is Cc1cnc2c(cnn2Cc2nc(CC3(c4ccccc4)CC3)no2)c1. The minimum Gasteiger partial charge on any atom is -0.337 e. The van der Waals surface area contributed by atoms with Crippen LogP contribution in [0.2, 0.25) is 0 Å². The van der Waals surface area contributed by atoms with Crippen LogP contribution in [-0.4, -0.2) is 24.9 Å². The molecule has 0 atom stereocenters. The van der Waals surface area contributed by atoms with Crippen LogP contribution in [0, 0.1) is 6.92 Å². The highest BCUT2D eigenvalue weighted by atomic mass is 16.5. The Morgan fingerprint density at radius 2 is 2.00 bits per heavy atom. The first-order valence-corrected chi connectivity index (χ1v) is 8.87. The zero-order chi connectivity index (χ0) is 17.6. The molecule has 3 aromatic heterocycles. The lowest BCUT2D eigenvalue weighted by Crippen LogP contribution is -2.11. The van der Waals surface area contributed by atoms with E-state index in [-0.39, 0.29) is 5.41 Å². The van der Waals surface area contributed by atoms with E-state index in [1.165, 1.54) is 18.4 Å². The van der Waals surface area contributed by atoms with E-state index >= 15 is 0 Å². The fourth-order valence-corrected chi connectivity index (χ4v) is 3.56. The van der Waals surface area contributed by atoms with Crippen LogP contribution < -0.4 is 0 Å². The Morgan fingerprint density at radius 3 is 2.81 bits per heavy atom. The molecule has 1 saturated carbocycles. The molecule has 1 aromatic carbocycles. The van der Waals surface area contributed by atoms with Crippen LogP contribution in [0.1, 0.15) is 35.7 Å². The molecule has 0 saturated heterocycles. The summed E-state index contributed by atoms with van der Waals surface area (Å²) in [7, 11) is 0. The molecule has 0 radical (unpaired) electrons. The lowest BCUT2D eigenvalue weighted by Gasteiger charge is -2.12. The molecule has 0 amide bonds. The lowest BCUT2D eigenvalue weighted by atomic mass is 9.92. The number of nitrogens with zero attached hydrogens (tertiary/aromatic N) is 5. The van der Waals surface area contributed by atoms with E-state index in [1.807, 2.05) is 19.3 Å². The van der Waals surface area contributed by atoms with Gasteiger partial charge in [-0.3, -0.25) is 0 Å². The summed E-state index contributed by atoms with van der Waals surface area (Å²) >= 11 is 0. The zero-order valence-corrected chi connectivity index (χ0v) is 14.6. The van der Waals surface area contributed by atoms with Gasteiger partial charge in [-0.05, 0) is 37.0 Å². The Kier molecular flexibility index (Phi) is 3.38. The van der Waals surface area contributed by atoms with E-state index < -0.39 is 0 Å². The minimum atomic E-state index is 0.180. The molecule has 3 heterocycles. The number of hydrogen-bond donors (Lipinski definition) is 0. The van der Waals surface area contributed by atoms with Gasteiger partial charge in [0.2, 0.25) is 5.89 Å². The summed E-state index contributed by atoms with van der Waals surface area (Å²) in [4.78, 5) is 9.06. The first-order valence-electron chi connectivity index (χ1n) is 8.87. The number of pyridine rings is 1. The molecule has 6 nitrogen and oxygen atoms in total. The van der Waals surface area contributed by atoms with Crippen LogP contribution in [0.5, 0.6) is 0 Å². The van der Waals surface area contributed by atoms with Crippen molar-refractivity contribution >= 4 is 11.0 Å². The number of rotatable bonds is 5. The normalized spacial score (nSPS) is 15.4. The molecule has 1 aliphatic carbocycles. The second kappa shape index (κ2) is 5.76. The van der Waals surface area contributed by atoms with Gasteiger partial charge in [-0.15, -0.1) is 0 Å². The van der Waals surface area contributed by atoms with Gasteiger partial charge in [-0.2, -0.15) is 10.1 Å². The van der Waals surface area contributed by atoms with Crippen molar-refractivity contribution in [1.82, 2.24) is 24.9 Å². The van der Waals surface area contributed by atoms with Gasteiger partial charge < -0.3 is 4.52 Å². The standard InChI is InChI=1S/C20H19N5O/c1-14-9-15-12-22-25(19(15)21-11-14)13-18-23-17(24-26-18)10-20(7-8-20)16-5-3-2-4-6-16/h2-6,9,11-12H,7-8,10,13H2,1H3. The summed E-state index contributed by atoms with van der Waals surface area (Å²) in [5.41, 5.74) is 3.50. The average Bonchev–Trinajstić information content (AvgIpc) is 3.14. The van der Waals surface area contributed by atoms with E-state index in [2.05, 4.69) is 56.6 Å². The monoisotopic (exact) mass is 345 g/mol. The highest BCUT2D eigenvalue weighted by molar-refractivity contribution is 5.74. The molecule has 5 rings (SSSR count). The van der Waals surface area contributed by atoms with Crippen LogP contribution in [0.15, 0.2) is 53.3 Å². The molecule has 0 bridgehead atoms. The van der Waals surface area contributed by atoms with Crippen molar-refractivity contribution in [2.45, 2.75) is 38.1 Å². The number of benzene rings is 1. The highest BCUT2D eigenvalue weighted by Crippen LogP contribution is 2.50. The molecular weight excluding hydrogens is 326 g/mol. The third-order valence-electron chi connectivity index (χ3n) is 5.14. The van der Waals surface area contributed by atoms with Crippen molar-refractivity contribution in [2.24, 2.45) is 0 Å². The summed E-state index contributed by atoms with van der Waals surface area (Å²) < 4.78 is 7.27. The number of fused-ring (bicyclic) bond motifs is 1. The number of aromatic nitrogens is 5. The summed E-state index contributed by atoms with van der Waals surface area (Å²) in [6.07, 6.45) is 6.83. The molecule has 4 aromatic rings. The maximum absolute atomic E-state index is 5.47. The van der Waals surface area contributed by atoms with Crippen molar-refractivity contribution in [3.63, 3.8) is 0 Å². The van der Waals surface area contributed by atoms with Gasteiger partial charge in [0.15, 0.2) is 11.5 Å². The molecule has 26 heavy (non-hydrogen) atoms. The third kappa shape index (κ3) is 2.67. The van der Waals surface area contributed by atoms with Gasteiger partial charge in [-0.1, -0.05) is 35.5 Å². The van der Waals surface area contributed by atoms with E-state index in [4.69, 9.17) is 4.52 Å². The smallest absolute Gasteiger partial charge is 0.248 e. The van der Waals surface area contributed by atoms with Gasteiger partial charge in [0.05, 0.1) is 6.20 Å². The summed E-state index contributed by atoms with van der Waals surface area (Å²) in [5, 5.41) is 9.62. The molecule has 6 heteroatoms. The molecule has 130 valence electrons. The Bertz CT molecular complexity index is 1060. The summed E-state index contributed by atoms with van der Waals surface area (Å²) in [6, 6.07) is 12.7. The lowest BCUT2D eigenvalue weighted by molar-refractivity contribution is 0.361. The van der Waals surface area contributed by atoms with Crippen LogP contribution in [-0.2, 0) is 18.4 Å². The molecule has 0 unspecified atom stereocenters. The van der Waals surface area contributed by atoms with Crippen LogP contribution in [0.3, 0.4) is 0 Å². The predicted octanol–water partition coefficient (Wildman–Crippen LogP) is 3.45. The fourth-order valence-electron chi connectivity index (χ4n) is 3.56. The largest absolute Gasteiger partial charge is 0.337 e. The Morgan fingerprint density at radius 1 is 1.15 bits per heavy atom. The predicted molar refractivity (Wildman–Crippen MR) is 96.7 cm³/mol. The van der Waals surface area contributed by atoms with Crippen LogP contribution >= 0.6 is 0 Å². The zero-order valence-electron chi connectivity index (χ0n) is 14.6. The van der Waals surface area contributed by atoms with Gasteiger partial charge in [0.25, 0.3) is 0 Å². The van der Waals surface area contributed by atoms with Crippen LogP contribution in [0.25, 0.3) is 11.0 Å². The summed E-state index contributed by atoms with van der Waals surface area (Å²) in [5.74, 6) is 1.33. The van der Waals surface area contributed by atoms with E-state index in [1.54, 1.807) is 4.68 Å². The van der Waals surface area contributed by atoms with Crippen LogP contribution in [0.4, 0.5) is 0 Å². The van der Waals surface area contributed by atoms with Crippen molar-refractivity contribution in [1.29, 1.82) is 0 Å². The number of hydrogen-bond acceptors (Lipinski definition) is 5. The van der Waals surface area contributed by atoms with Gasteiger partial charge in [0, 0.05) is 23.4 Å². The second-order valence-corrected chi connectivity index (χ2v) is 7.16. The molecule has 0 aliphatic heterocycles. The Labute approximate surface area is 150 Å². The first-order chi connectivity index (χ1) is 12.7. The average molecular weight is 345 g/mol. The maximum Gasteiger partial charge on any atom is 0.248 e. The van der Waals surface area contributed by atoms with Crippen molar-refractivity contribution in [3.05, 3.63) is 71.6 Å².